The molecule has 0 unspecified atom stereocenters. The van der Waals surface area contributed by atoms with Gasteiger partial charge in [-0.2, -0.15) is 0 Å². The quantitative estimate of drug-likeness (QED) is 0.479. The average molecular weight is 486 g/mol. The molecule has 2 aromatic carbocycles. The fourth-order valence-corrected chi connectivity index (χ4v) is 3.45. The van der Waals surface area contributed by atoms with Crippen LogP contribution in [0.3, 0.4) is 0 Å². The molecule has 0 radical (unpaired) electrons. The molecule has 10 heteroatoms. The lowest BCUT2D eigenvalue weighted by molar-refractivity contribution is -0.128. The maximum atomic E-state index is 13.4. The molecule has 0 aliphatic carbocycles. The van der Waals surface area contributed by atoms with Crippen LogP contribution in [0.25, 0.3) is 0 Å². The number of aliphatic hydroxyl groups is 1. The summed E-state index contributed by atoms with van der Waals surface area (Å²) in [5.74, 6) is 0.107. The topological polar surface area (TPSA) is 83.1 Å². The van der Waals surface area contributed by atoms with E-state index in [-0.39, 0.29) is 30.2 Å². The zero-order chi connectivity index (χ0) is 22.9. The number of piperidine rings is 1. The summed E-state index contributed by atoms with van der Waals surface area (Å²) >= 11 is 11.5. The molecular weight excluding hydrogens is 460 g/mol. The molecule has 32 heavy (non-hydrogen) atoms. The summed E-state index contributed by atoms with van der Waals surface area (Å²) in [7, 11) is 0. The molecule has 0 bridgehead atoms. The Kier molecular flexibility index (Phi) is 9.37. The van der Waals surface area contributed by atoms with Crippen LogP contribution in [0.5, 0.6) is 11.5 Å². The van der Waals surface area contributed by atoms with Crippen LogP contribution in [0.4, 0.5) is 4.39 Å². The first-order chi connectivity index (χ1) is 15.4. The van der Waals surface area contributed by atoms with E-state index < -0.39 is 11.9 Å². The highest BCUT2D eigenvalue weighted by molar-refractivity contribution is 6.30. The highest BCUT2D eigenvalue weighted by Crippen LogP contribution is 2.20. The molecule has 3 N–H and O–H groups in total. The Balaban J connectivity index is 1.28. The van der Waals surface area contributed by atoms with E-state index in [1.54, 1.807) is 30.3 Å². The fraction of sp³-hybridized carbons (Fsp3) is 0.409. The number of aliphatic hydroxyl groups excluding tert-OH is 1. The Hall–Kier alpha value is -2.10. The van der Waals surface area contributed by atoms with Crippen molar-refractivity contribution in [3.8, 4) is 11.5 Å². The van der Waals surface area contributed by atoms with Crippen molar-refractivity contribution in [2.45, 2.75) is 25.0 Å². The monoisotopic (exact) mass is 485 g/mol. The van der Waals surface area contributed by atoms with Gasteiger partial charge in [-0.1, -0.05) is 23.2 Å². The van der Waals surface area contributed by atoms with Crippen molar-refractivity contribution in [3.63, 3.8) is 0 Å². The molecule has 7 nitrogen and oxygen atoms in total. The number of ether oxygens (including phenoxy) is 2. The number of amides is 1. The molecule has 2 aromatic rings. The number of carbonyl (C=O) groups is 1. The lowest BCUT2D eigenvalue weighted by Gasteiger charge is -2.32. The first-order valence-electron chi connectivity index (χ1n) is 10.3. The van der Waals surface area contributed by atoms with Crippen LogP contribution in [0.15, 0.2) is 42.5 Å². The third-order valence-electron chi connectivity index (χ3n) is 4.94. The number of hydrogen-bond acceptors (Lipinski definition) is 6. The van der Waals surface area contributed by atoms with Crippen LogP contribution in [0.1, 0.15) is 12.8 Å². The second-order valence-corrected chi connectivity index (χ2v) is 8.33. The van der Waals surface area contributed by atoms with E-state index >= 15 is 0 Å². The number of hydrazine groups is 1. The Labute approximate surface area is 196 Å². The number of benzene rings is 2. The number of halogens is 3. The molecule has 3 rings (SSSR count). The SMILES string of the molecule is O=C(COc1ccc(Cl)cc1)NN1CCC(NC[C@H](O)COc2ccc(Cl)c(F)c2)CC1. The number of hydrogen-bond donors (Lipinski definition) is 3. The van der Waals surface area contributed by atoms with Gasteiger partial charge in [-0.15, -0.1) is 0 Å². The van der Waals surface area contributed by atoms with Crippen molar-refractivity contribution in [1.29, 1.82) is 0 Å². The summed E-state index contributed by atoms with van der Waals surface area (Å²) in [5.41, 5.74) is 2.84. The molecule has 174 valence electrons. The third-order valence-corrected chi connectivity index (χ3v) is 5.50. The Morgan fingerprint density at radius 2 is 1.81 bits per heavy atom. The molecule has 1 saturated heterocycles. The maximum Gasteiger partial charge on any atom is 0.272 e. The number of nitrogens with one attached hydrogen (secondary N) is 2. The summed E-state index contributed by atoms with van der Waals surface area (Å²) in [6.45, 7) is 1.67. The van der Waals surface area contributed by atoms with Crippen molar-refractivity contribution in [2.75, 3.05) is 32.8 Å². The molecular formula is C22H26Cl2FN3O4. The second-order valence-electron chi connectivity index (χ2n) is 7.49. The van der Waals surface area contributed by atoms with Gasteiger partial charge in [0, 0.05) is 36.8 Å². The highest BCUT2D eigenvalue weighted by Gasteiger charge is 2.21. The van der Waals surface area contributed by atoms with Gasteiger partial charge in [0.15, 0.2) is 6.61 Å². The minimum atomic E-state index is -0.739. The van der Waals surface area contributed by atoms with E-state index in [0.29, 0.717) is 36.2 Å². The largest absolute Gasteiger partial charge is 0.491 e. The lowest BCUT2D eigenvalue weighted by Crippen LogP contribution is -2.52. The standard InChI is InChI=1S/C22H26Cl2FN3O4/c23-15-1-3-18(4-2-15)32-14-22(30)27-28-9-7-16(8-10-28)26-12-17(29)13-31-19-5-6-20(24)21(25)11-19/h1-6,11,16-17,26,29H,7-10,12-14H2,(H,27,30)/t17-/m0/s1. The van der Waals surface area contributed by atoms with Gasteiger partial charge in [-0.05, 0) is 49.2 Å². The van der Waals surface area contributed by atoms with Crippen molar-refractivity contribution < 1.29 is 23.8 Å². The lowest BCUT2D eigenvalue weighted by atomic mass is 10.1. The molecule has 0 aromatic heterocycles. The van der Waals surface area contributed by atoms with E-state index in [9.17, 15) is 14.3 Å². The van der Waals surface area contributed by atoms with Gasteiger partial charge in [0.05, 0.1) is 5.02 Å². The van der Waals surface area contributed by atoms with Crippen molar-refractivity contribution >= 4 is 29.1 Å². The van der Waals surface area contributed by atoms with E-state index in [2.05, 4.69) is 10.7 Å². The Morgan fingerprint density at radius 3 is 2.50 bits per heavy atom. The van der Waals surface area contributed by atoms with Crippen LogP contribution in [-0.2, 0) is 4.79 Å². The fourth-order valence-electron chi connectivity index (χ4n) is 3.20. The highest BCUT2D eigenvalue weighted by atomic mass is 35.5. The van der Waals surface area contributed by atoms with Crippen molar-refractivity contribution in [3.05, 3.63) is 58.3 Å². The number of carbonyl (C=O) groups excluding carboxylic acids is 1. The number of rotatable bonds is 10. The zero-order valence-electron chi connectivity index (χ0n) is 17.4. The van der Waals surface area contributed by atoms with Gasteiger partial charge in [0.25, 0.3) is 5.91 Å². The minimum Gasteiger partial charge on any atom is -0.491 e. The molecule has 0 spiro atoms. The molecule has 0 saturated carbocycles. The van der Waals surface area contributed by atoms with Gasteiger partial charge in [0.1, 0.15) is 30.0 Å². The van der Waals surface area contributed by atoms with Crippen LogP contribution in [-0.4, -0.2) is 61.0 Å². The van der Waals surface area contributed by atoms with E-state index in [1.165, 1.54) is 12.1 Å². The second kappa shape index (κ2) is 12.2. The predicted molar refractivity (Wildman–Crippen MR) is 121 cm³/mol. The summed E-state index contributed by atoms with van der Waals surface area (Å²) in [6, 6.07) is 11.2. The van der Waals surface area contributed by atoms with E-state index in [0.717, 1.165) is 12.8 Å². The summed E-state index contributed by atoms with van der Waals surface area (Å²) < 4.78 is 24.3. The normalized spacial score (nSPS) is 15.9. The maximum absolute atomic E-state index is 13.4. The molecule has 1 fully saturated rings. The van der Waals surface area contributed by atoms with Gasteiger partial charge in [-0.25, -0.2) is 9.40 Å². The van der Waals surface area contributed by atoms with Crippen molar-refractivity contribution in [1.82, 2.24) is 15.8 Å². The molecule has 1 amide bonds. The van der Waals surface area contributed by atoms with Gasteiger partial charge < -0.3 is 19.9 Å². The third kappa shape index (κ3) is 8.11. The zero-order valence-corrected chi connectivity index (χ0v) is 18.9. The first-order valence-corrected chi connectivity index (χ1v) is 11.1. The molecule has 1 aliphatic rings. The van der Waals surface area contributed by atoms with Crippen LogP contribution < -0.4 is 20.2 Å². The summed E-state index contributed by atoms with van der Waals surface area (Å²) in [4.78, 5) is 12.1. The van der Waals surface area contributed by atoms with Crippen LogP contribution in [0, 0.1) is 5.82 Å². The van der Waals surface area contributed by atoms with Crippen LogP contribution >= 0.6 is 23.2 Å². The van der Waals surface area contributed by atoms with E-state index in [1.807, 2.05) is 5.01 Å². The smallest absolute Gasteiger partial charge is 0.272 e. The van der Waals surface area contributed by atoms with Gasteiger partial charge in [0.2, 0.25) is 0 Å². The minimum absolute atomic E-state index is 0.0242. The summed E-state index contributed by atoms with van der Waals surface area (Å²) in [6.07, 6.45) is 0.888. The Bertz CT molecular complexity index is 880. The molecule has 1 heterocycles. The van der Waals surface area contributed by atoms with E-state index in [4.69, 9.17) is 32.7 Å². The van der Waals surface area contributed by atoms with Gasteiger partial charge >= 0.3 is 0 Å². The predicted octanol–water partition coefficient (Wildman–Crippen LogP) is 3.04. The Morgan fingerprint density at radius 1 is 1.12 bits per heavy atom. The molecule has 1 aliphatic heterocycles. The first kappa shape index (κ1) is 24.5. The number of nitrogens with zero attached hydrogens (tertiary/aromatic N) is 1. The van der Waals surface area contributed by atoms with Crippen molar-refractivity contribution in [2.24, 2.45) is 0 Å². The molecule has 1 atom stereocenters. The summed E-state index contributed by atoms with van der Waals surface area (Å²) in [5, 5.41) is 15.9. The average Bonchev–Trinajstić information content (AvgIpc) is 2.79. The van der Waals surface area contributed by atoms with Gasteiger partial charge in [-0.3, -0.25) is 10.2 Å². The van der Waals surface area contributed by atoms with Crippen LogP contribution in [0.2, 0.25) is 10.0 Å².